The summed E-state index contributed by atoms with van der Waals surface area (Å²) in [6.45, 7) is 3.14. The van der Waals surface area contributed by atoms with Gasteiger partial charge in [-0.25, -0.2) is 0 Å². The molecule has 0 bridgehead atoms. The maximum Gasteiger partial charge on any atom is 0.235 e. The largest absolute Gasteiger partial charge is 0.497 e. The Morgan fingerprint density at radius 1 is 1.27 bits per heavy atom. The van der Waals surface area contributed by atoms with Gasteiger partial charge >= 0.3 is 0 Å². The van der Waals surface area contributed by atoms with Crippen molar-refractivity contribution in [1.29, 1.82) is 0 Å². The van der Waals surface area contributed by atoms with Crippen molar-refractivity contribution in [2.75, 3.05) is 20.2 Å². The summed E-state index contributed by atoms with van der Waals surface area (Å²) in [5.74, 6) is 0.571. The maximum atomic E-state index is 12.5. The second kappa shape index (κ2) is 7.54. The molecule has 2 rings (SSSR count). The topological polar surface area (TPSA) is 72.6 Å². The maximum absolute atomic E-state index is 12.5. The lowest BCUT2D eigenvalue weighted by atomic mass is 9.96. The Labute approximate surface area is 135 Å². The van der Waals surface area contributed by atoms with Gasteiger partial charge in [-0.05, 0) is 44.0 Å². The standard InChI is InChI=1S/C16H22N2O3S/c1-11(22-14-5-3-13(21-2)4-6-14)16(20)18-9-7-12(8-10-18)15(17)19/h3-6,11-12H,7-10H2,1-2H3,(H2,17,19)/t11-/m0/s1. The van der Waals surface area contributed by atoms with Crippen LogP contribution in [0.2, 0.25) is 0 Å². The summed E-state index contributed by atoms with van der Waals surface area (Å²) in [5.41, 5.74) is 5.32. The van der Waals surface area contributed by atoms with Crippen LogP contribution in [0.15, 0.2) is 29.2 Å². The van der Waals surface area contributed by atoms with E-state index in [1.165, 1.54) is 11.8 Å². The lowest BCUT2D eigenvalue weighted by molar-refractivity contribution is -0.134. The lowest BCUT2D eigenvalue weighted by Crippen LogP contribution is -2.44. The number of piperidine rings is 1. The van der Waals surface area contributed by atoms with Crippen LogP contribution in [-0.4, -0.2) is 42.2 Å². The first-order chi connectivity index (χ1) is 10.5. The summed E-state index contributed by atoms with van der Waals surface area (Å²) in [7, 11) is 1.63. The number of hydrogen-bond donors (Lipinski definition) is 1. The summed E-state index contributed by atoms with van der Waals surface area (Å²) >= 11 is 1.53. The van der Waals surface area contributed by atoms with Crippen molar-refractivity contribution >= 4 is 23.6 Å². The summed E-state index contributed by atoms with van der Waals surface area (Å²) < 4.78 is 5.12. The molecule has 1 aromatic carbocycles. The molecule has 1 saturated heterocycles. The van der Waals surface area contributed by atoms with E-state index < -0.39 is 0 Å². The van der Waals surface area contributed by atoms with Crippen LogP contribution >= 0.6 is 11.8 Å². The molecule has 1 aliphatic heterocycles. The van der Waals surface area contributed by atoms with Gasteiger partial charge in [-0.3, -0.25) is 9.59 Å². The number of primary amides is 1. The lowest BCUT2D eigenvalue weighted by Gasteiger charge is -2.32. The van der Waals surface area contributed by atoms with E-state index in [1.54, 1.807) is 7.11 Å². The molecule has 1 atom stereocenters. The van der Waals surface area contributed by atoms with Crippen LogP contribution in [0.3, 0.4) is 0 Å². The fourth-order valence-corrected chi connectivity index (χ4v) is 3.50. The van der Waals surface area contributed by atoms with Crippen molar-refractivity contribution in [2.45, 2.75) is 29.9 Å². The number of nitrogens with two attached hydrogens (primary N) is 1. The molecule has 1 fully saturated rings. The molecule has 1 aliphatic rings. The smallest absolute Gasteiger partial charge is 0.235 e. The number of amides is 2. The number of likely N-dealkylation sites (tertiary alicyclic amines) is 1. The fourth-order valence-electron chi connectivity index (χ4n) is 2.55. The molecule has 1 heterocycles. The van der Waals surface area contributed by atoms with Gasteiger partial charge in [0.05, 0.1) is 12.4 Å². The van der Waals surface area contributed by atoms with Crippen molar-refractivity contribution in [3.8, 4) is 5.75 Å². The van der Waals surface area contributed by atoms with Gasteiger partial charge in [-0.2, -0.15) is 0 Å². The zero-order chi connectivity index (χ0) is 16.1. The molecule has 1 aromatic rings. The zero-order valence-corrected chi connectivity index (χ0v) is 13.8. The summed E-state index contributed by atoms with van der Waals surface area (Å²) in [6, 6.07) is 7.68. The molecular weight excluding hydrogens is 300 g/mol. The number of nitrogens with zero attached hydrogens (tertiary/aromatic N) is 1. The Morgan fingerprint density at radius 2 is 1.86 bits per heavy atom. The highest BCUT2D eigenvalue weighted by Gasteiger charge is 2.28. The Morgan fingerprint density at radius 3 is 2.36 bits per heavy atom. The molecule has 0 aliphatic carbocycles. The van der Waals surface area contributed by atoms with Crippen LogP contribution in [-0.2, 0) is 9.59 Å². The van der Waals surface area contributed by atoms with Crippen LogP contribution < -0.4 is 10.5 Å². The molecule has 0 unspecified atom stereocenters. The first kappa shape index (κ1) is 16.7. The first-order valence-electron chi connectivity index (χ1n) is 7.40. The number of ether oxygens (including phenoxy) is 1. The van der Waals surface area contributed by atoms with E-state index >= 15 is 0 Å². The summed E-state index contributed by atoms with van der Waals surface area (Å²) in [6.07, 6.45) is 1.34. The number of carbonyl (C=O) groups is 2. The van der Waals surface area contributed by atoms with E-state index in [2.05, 4.69) is 0 Å². The molecule has 120 valence electrons. The van der Waals surface area contributed by atoms with Gasteiger partial charge in [-0.1, -0.05) is 0 Å². The van der Waals surface area contributed by atoms with Crippen LogP contribution in [0.25, 0.3) is 0 Å². The van der Waals surface area contributed by atoms with Crippen LogP contribution in [0.5, 0.6) is 5.75 Å². The van der Waals surface area contributed by atoms with E-state index in [4.69, 9.17) is 10.5 Å². The second-order valence-electron chi connectivity index (χ2n) is 5.44. The summed E-state index contributed by atoms with van der Waals surface area (Å²) in [4.78, 5) is 26.5. The van der Waals surface area contributed by atoms with Gasteiger partial charge in [0.25, 0.3) is 0 Å². The Balaban J connectivity index is 1.88. The molecule has 2 amide bonds. The van der Waals surface area contributed by atoms with Gasteiger partial charge < -0.3 is 15.4 Å². The molecule has 6 heteroatoms. The van der Waals surface area contributed by atoms with Crippen molar-refractivity contribution in [2.24, 2.45) is 11.7 Å². The third kappa shape index (κ3) is 4.16. The van der Waals surface area contributed by atoms with Gasteiger partial charge in [0.1, 0.15) is 5.75 Å². The number of hydrogen-bond acceptors (Lipinski definition) is 4. The Bertz CT molecular complexity index is 525. The van der Waals surface area contributed by atoms with Crippen molar-refractivity contribution in [3.05, 3.63) is 24.3 Å². The van der Waals surface area contributed by atoms with Gasteiger partial charge in [0, 0.05) is 23.9 Å². The average molecular weight is 322 g/mol. The molecular formula is C16H22N2O3S. The predicted molar refractivity (Wildman–Crippen MR) is 86.8 cm³/mol. The highest BCUT2D eigenvalue weighted by Crippen LogP contribution is 2.27. The van der Waals surface area contributed by atoms with E-state index in [1.807, 2.05) is 36.1 Å². The van der Waals surface area contributed by atoms with Crippen LogP contribution in [0.4, 0.5) is 0 Å². The monoisotopic (exact) mass is 322 g/mol. The van der Waals surface area contributed by atoms with Crippen molar-refractivity contribution in [1.82, 2.24) is 4.90 Å². The second-order valence-corrected chi connectivity index (χ2v) is 6.85. The molecule has 0 spiro atoms. The predicted octanol–water partition coefficient (Wildman–Crippen LogP) is 1.90. The average Bonchev–Trinajstić information content (AvgIpc) is 2.55. The third-order valence-electron chi connectivity index (χ3n) is 3.93. The molecule has 2 N–H and O–H groups in total. The van der Waals surface area contributed by atoms with Gasteiger partial charge in [0.2, 0.25) is 11.8 Å². The van der Waals surface area contributed by atoms with E-state index in [0.717, 1.165) is 10.6 Å². The van der Waals surface area contributed by atoms with Crippen LogP contribution in [0.1, 0.15) is 19.8 Å². The molecule has 5 nitrogen and oxygen atoms in total. The van der Waals surface area contributed by atoms with Crippen LogP contribution in [0, 0.1) is 5.92 Å². The van der Waals surface area contributed by atoms with E-state index in [0.29, 0.717) is 25.9 Å². The number of methoxy groups -OCH3 is 1. The Hall–Kier alpha value is -1.69. The SMILES string of the molecule is COc1ccc(S[C@@H](C)C(=O)N2CCC(C(N)=O)CC2)cc1. The quantitative estimate of drug-likeness (QED) is 0.840. The number of rotatable bonds is 5. The minimum absolute atomic E-state index is 0.0893. The molecule has 0 saturated carbocycles. The first-order valence-corrected chi connectivity index (χ1v) is 8.28. The number of carbonyl (C=O) groups excluding carboxylic acids is 2. The summed E-state index contributed by atoms with van der Waals surface area (Å²) in [5, 5.41) is -0.154. The van der Waals surface area contributed by atoms with E-state index in [9.17, 15) is 9.59 Å². The van der Waals surface area contributed by atoms with Gasteiger partial charge in [0.15, 0.2) is 0 Å². The van der Waals surface area contributed by atoms with Gasteiger partial charge in [-0.15, -0.1) is 11.8 Å². The normalized spacial score (nSPS) is 17.1. The minimum atomic E-state index is -0.257. The van der Waals surface area contributed by atoms with Crippen molar-refractivity contribution in [3.63, 3.8) is 0 Å². The molecule has 0 aromatic heterocycles. The third-order valence-corrected chi connectivity index (χ3v) is 5.03. The fraction of sp³-hybridized carbons (Fsp3) is 0.500. The highest BCUT2D eigenvalue weighted by atomic mass is 32.2. The van der Waals surface area contributed by atoms with Crippen molar-refractivity contribution < 1.29 is 14.3 Å². The van der Waals surface area contributed by atoms with E-state index in [-0.39, 0.29) is 23.0 Å². The number of thioether (sulfide) groups is 1. The zero-order valence-electron chi connectivity index (χ0n) is 13.0. The number of benzene rings is 1. The molecule has 22 heavy (non-hydrogen) atoms. The molecule has 0 radical (unpaired) electrons. The highest BCUT2D eigenvalue weighted by molar-refractivity contribution is 8.00. The minimum Gasteiger partial charge on any atom is -0.497 e. The Kier molecular flexibility index (Phi) is 5.71.